The van der Waals surface area contributed by atoms with Gasteiger partial charge in [0.2, 0.25) is 5.82 Å². The van der Waals surface area contributed by atoms with E-state index in [1.807, 2.05) is 33.8 Å². The number of carbonyl (C=O) groups is 3. The van der Waals surface area contributed by atoms with Crippen molar-refractivity contribution in [3.63, 3.8) is 0 Å². The minimum absolute atomic E-state index is 0.0715. The molecule has 4 heterocycles. The molecule has 0 saturated carbocycles. The predicted octanol–water partition coefficient (Wildman–Crippen LogP) is 5.50. The number of piperidine rings is 1. The normalized spacial score (nSPS) is 17.0. The summed E-state index contributed by atoms with van der Waals surface area (Å²) in [6.45, 7) is 11.4. The molecule has 1 fully saturated rings. The van der Waals surface area contributed by atoms with Gasteiger partial charge in [-0.2, -0.15) is 5.10 Å². The van der Waals surface area contributed by atoms with E-state index in [0.717, 1.165) is 10.1 Å². The maximum absolute atomic E-state index is 14.5. The monoisotopic (exact) mass is 675 g/mol. The average Bonchev–Trinajstić information content (AvgIpc) is 3.63. The molecule has 2 amide bonds. The van der Waals surface area contributed by atoms with Crippen molar-refractivity contribution in [3.8, 4) is 22.6 Å². The van der Waals surface area contributed by atoms with Gasteiger partial charge in [-0.15, -0.1) is 0 Å². The molecular weight excluding hydrogens is 634 g/mol. The number of aryl methyl sites for hydroxylation is 2. The number of aromatic nitrogens is 5. The molecule has 1 aromatic carbocycles. The van der Waals surface area contributed by atoms with Crippen LogP contribution in [0.4, 0.5) is 15.4 Å². The molecule has 260 valence electrons. The Bertz CT molecular complexity index is 1890. The topological polar surface area (TPSA) is 175 Å². The zero-order valence-corrected chi connectivity index (χ0v) is 28.6. The second-order valence-electron chi connectivity index (χ2n) is 13.0. The summed E-state index contributed by atoms with van der Waals surface area (Å²) in [5.41, 5.74) is 2.30. The summed E-state index contributed by atoms with van der Waals surface area (Å²) < 4.78 is 17.6. The van der Waals surface area contributed by atoms with Crippen LogP contribution in [0.5, 0.6) is 0 Å². The molecule has 1 aliphatic rings. The number of nitrogens with zero attached hydrogens (tertiary/aromatic N) is 7. The van der Waals surface area contributed by atoms with Crippen molar-refractivity contribution in [2.45, 2.75) is 72.7 Å². The smallest absolute Gasteiger partial charge is 0.465 e. The maximum Gasteiger partial charge on any atom is 0.510 e. The Morgan fingerprint density at radius 3 is 2.51 bits per heavy atom. The van der Waals surface area contributed by atoms with Crippen LogP contribution in [0.15, 0.2) is 58.1 Å². The van der Waals surface area contributed by atoms with Crippen molar-refractivity contribution in [1.29, 1.82) is 0 Å². The van der Waals surface area contributed by atoms with Gasteiger partial charge in [0.25, 0.3) is 5.91 Å². The molecule has 1 aliphatic heterocycles. The number of rotatable bonds is 8. The van der Waals surface area contributed by atoms with Crippen LogP contribution < -0.4 is 10.7 Å². The van der Waals surface area contributed by atoms with Crippen molar-refractivity contribution >= 4 is 24.0 Å². The molecule has 4 aromatic rings. The Morgan fingerprint density at radius 1 is 1.16 bits per heavy atom. The van der Waals surface area contributed by atoms with Gasteiger partial charge < -0.3 is 19.5 Å². The molecule has 3 aromatic heterocycles. The molecule has 1 saturated heterocycles. The van der Waals surface area contributed by atoms with Crippen LogP contribution in [-0.4, -0.2) is 77.9 Å². The fourth-order valence-corrected chi connectivity index (χ4v) is 6.56. The number of carboxylic acid groups (broad SMARTS) is 1. The zero-order valence-electron chi connectivity index (χ0n) is 28.6. The largest absolute Gasteiger partial charge is 0.510 e. The van der Waals surface area contributed by atoms with Gasteiger partial charge in [0, 0.05) is 30.9 Å². The van der Waals surface area contributed by atoms with Crippen molar-refractivity contribution in [3.05, 3.63) is 70.5 Å². The third-order valence-electron chi connectivity index (χ3n) is 8.61. The zero-order chi connectivity index (χ0) is 35.6. The average molecular weight is 676 g/mol. The Balaban J connectivity index is 1.53. The molecule has 1 N–H and O–H groups in total. The summed E-state index contributed by atoms with van der Waals surface area (Å²) in [6, 6.07) is 9.59. The first-order chi connectivity index (χ1) is 23.2. The van der Waals surface area contributed by atoms with E-state index in [4.69, 9.17) is 14.0 Å². The van der Waals surface area contributed by atoms with Crippen LogP contribution in [0, 0.1) is 12.3 Å². The van der Waals surface area contributed by atoms with Crippen LogP contribution in [0.3, 0.4) is 0 Å². The van der Waals surface area contributed by atoms with Crippen LogP contribution in [-0.2, 0) is 16.5 Å². The van der Waals surface area contributed by atoms with Gasteiger partial charge in [-0.1, -0.05) is 44.1 Å². The molecule has 15 nitrogen and oxygen atoms in total. The lowest BCUT2D eigenvalue weighted by atomic mass is 9.77. The molecule has 15 heteroatoms. The van der Waals surface area contributed by atoms with Gasteiger partial charge in [0.05, 0.1) is 24.9 Å². The van der Waals surface area contributed by atoms with E-state index in [1.165, 1.54) is 16.5 Å². The fraction of sp³-hybridized carbons (Fsp3) is 0.441. The lowest BCUT2D eigenvalue weighted by Crippen LogP contribution is -2.63. The van der Waals surface area contributed by atoms with E-state index in [2.05, 4.69) is 15.2 Å². The minimum atomic E-state index is -1.11. The standard InChI is InChI=1S/C34H41N7O8/c1-8-47-33(46)48-21(3)40-29(37-49-32(40)45)26-24(19-36-38(26)7)22-13-15-23(16-14-22)30(42)41(28-20(2)11-9-17-35-28)25-12-10-18-39(31(43)44)27(25)34(4,5)6/h9,11,13-17,19,21,25,27H,8,10,12,18H2,1-7H3,(H,43,44)/t21?,25-,27?/m1/s1. The Labute approximate surface area is 283 Å². The van der Waals surface area contributed by atoms with Gasteiger partial charge in [0.15, 0.2) is 6.23 Å². The predicted molar refractivity (Wildman–Crippen MR) is 178 cm³/mol. The van der Waals surface area contributed by atoms with Crippen molar-refractivity contribution in [2.75, 3.05) is 18.1 Å². The van der Waals surface area contributed by atoms with E-state index in [-0.39, 0.29) is 18.3 Å². The fourth-order valence-electron chi connectivity index (χ4n) is 6.56. The highest BCUT2D eigenvalue weighted by atomic mass is 16.7. The van der Waals surface area contributed by atoms with Crippen LogP contribution in [0.2, 0.25) is 0 Å². The molecular formula is C34H41N7O8. The highest BCUT2D eigenvalue weighted by Gasteiger charge is 2.46. The van der Waals surface area contributed by atoms with E-state index >= 15 is 0 Å². The quantitative estimate of drug-likeness (QED) is 0.233. The van der Waals surface area contributed by atoms with Crippen molar-refractivity contribution < 1.29 is 33.5 Å². The molecule has 3 atom stereocenters. The number of likely N-dealkylation sites (tertiary alicyclic amines) is 1. The summed E-state index contributed by atoms with van der Waals surface area (Å²) in [5, 5.41) is 18.5. The van der Waals surface area contributed by atoms with Gasteiger partial charge >= 0.3 is 18.0 Å². The number of benzene rings is 1. The number of carbonyl (C=O) groups excluding carboxylic acids is 2. The van der Waals surface area contributed by atoms with E-state index in [1.54, 1.807) is 61.6 Å². The molecule has 5 rings (SSSR count). The Hall–Kier alpha value is -5.47. The molecule has 0 aliphatic carbocycles. The first kappa shape index (κ1) is 34.9. The highest BCUT2D eigenvalue weighted by Crippen LogP contribution is 2.38. The molecule has 2 unspecified atom stereocenters. The van der Waals surface area contributed by atoms with E-state index in [9.17, 15) is 24.3 Å². The van der Waals surface area contributed by atoms with E-state index < -0.39 is 41.7 Å². The van der Waals surface area contributed by atoms with E-state index in [0.29, 0.717) is 47.6 Å². The maximum atomic E-state index is 14.5. The van der Waals surface area contributed by atoms with Crippen LogP contribution in [0.1, 0.15) is 69.6 Å². The lowest BCUT2D eigenvalue weighted by molar-refractivity contribution is 0.00455. The number of hydrogen-bond acceptors (Lipinski definition) is 10. The molecule has 0 bridgehead atoms. The third kappa shape index (κ3) is 6.91. The summed E-state index contributed by atoms with van der Waals surface area (Å²) in [4.78, 5) is 59.3. The number of hydrogen-bond donors (Lipinski definition) is 1. The van der Waals surface area contributed by atoms with Crippen molar-refractivity contribution in [1.82, 2.24) is 29.4 Å². The van der Waals surface area contributed by atoms with Crippen LogP contribution in [0.25, 0.3) is 22.6 Å². The first-order valence-electron chi connectivity index (χ1n) is 16.0. The second kappa shape index (κ2) is 13.9. The number of ether oxygens (including phenoxy) is 2. The number of anilines is 1. The first-order valence-corrected chi connectivity index (χ1v) is 16.0. The minimum Gasteiger partial charge on any atom is -0.465 e. The SMILES string of the molecule is CCOC(=O)OC(C)n1c(-c2c(-c3ccc(C(=O)N(c4ncccc4C)[C@@H]4CCCN(C(=O)O)C4C(C)(C)C)cc3)cnn2C)noc1=O. The summed E-state index contributed by atoms with van der Waals surface area (Å²) in [7, 11) is 1.67. The third-order valence-corrected chi connectivity index (χ3v) is 8.61. The Morgan fingerprint density at radius 2 is 1.88 bits per heavy atom. The second-order valence-corrected chi connectivity index (χ2v) is 13.0. The molecule has 0 spiro atoms. The Kier molecular flexibility index (Phi) is 9.92. The number of amides is 2. The van der Waals surface area contributed by atoms with Crippen LogP contribution >= 0.6 is 0 Å². The summed E-state index contributed by atoms with van der Waals surface area (Å²) >= 11 is 0. The summed E-state index contributed by atoms with van der Waals surface area (Å²) in [6.07, 6.45) is 1.33. The summed E-state index contributed by atoms with van der Waals surface area (Å²) in [5.74, 6) is -0.618. The van der Waals surface area contributed by atoms with Gasteiger partial charge in [-0.3, -0.25) is 18.9 Å². The van der Waals surface area contributed by atoms with Gasteiger partial charge in [-0.25, -0.2) is 23.9 Å². The lowest BCUT2D eigenvalue weighted by Gasteiger charge is -2.50. The van der Waals surface area contributed by atoms with Gasteiger partial charge in [0.1, 0.15) is 11.5 Å². The van der Waals surface area contributed by atoms with Crippen molar-refractivity contribution in [2.24, 2.45) is 12.5 Å². The molecule has 0 radical (unpaired) electrons. The number of pyridine rings is 1. The highest BCUT2D eigenvalue weighted by molar-refractivity contribution is 6.06. The molecule has 49 heavy (non-hydrogen) atoms. The van der Waals surface area contributed by atoms with Gasteiger partial charge in [-0.05, 0) is 68.4 Å².